The molecule has 0 radical (unpaired) electrons. The molecule has 0 atom stereocenters. The van der Waals surface area contributed by atoms with Crippen molar-refractivity contribution in [1.82, 2.24) is 10.3 Å². The molecule has 1 rings (SSSR count). The lowest BCUT2D eigenvalue weighted by atomic mass is 10.2. The van der Waals surface area contributed by atoms with Crippen molar-refractivity contribution in [2.45, 2.75) is 60.1 Å². The molecule has 1 aromatic rings. The minimum Gasteiger partial charge on any atom is -0.447 e. The second kappa shape index (κ2) is 7.74. The van der Waals surface area contributed by atoms with Gasteiger partial charge in [-0.3, -0.25) is 0 Å². The van der Waals surface area contributed by atoms with Crippen molar-refractivity contribution in [3.63, 3.8) is 0 Å². The fourth-order valence-electron chi connectivity index (χ4n) is 1.05. The van der Waals surface area contributed by atoms with E-state index in [1.165, 1.54) is 0 Å². The smallest absolute Gasteiger partial charge is 0.408 e. The Morgan fingerprint density at radius 3 is 2.50 bits per heavy atom. The van der Waals surface area contributed by atoms with Gasteiger partial charge in [0.15, 0.2) is 0 Å². The van der Waals surface area contributed by atoms with E-state index in [0.29, 0.717) is 5.89 Å². The third-order valence-corrected chi connectivity index (χ3v) is 1.74. The zero-order chi connectivity index (χ0) is 14.2. The van der Waals surface area contributed by atoms with E-state index in [0.717, 1.165) is 12.1 Å². The topological polar surface area (TPSA) is 64.4 Å². The van der Waals surface area contributed by atoms with Gasteiger partial charge in [0.1, 0.15) is 11.9 Å². The molecule has 0 aliphatic heterocycles. The van der Waals surface area contributed by atoms with Crippen molar-refractivity contribution < 1.29 is 13.9 Å². The summed E-state index contributed by atoms with van der Waals surface area (Å²) in [5.41, 5.74) is 0.385. The van der Waals surface area contributed by atoms with Gasteiger partial charge in [-0.25, -0.2) is 9.78 Å². The maximum Gasteiger partial charge on any atom is 0.408 e. The second-order valence-electron chi connectivity index (χ2n) is 4.44. The molecule has 5 heteroatoms. The summed E-state index contributed by atoms with van der Waals surface area (Å²) >= 11 is 0. The highest BCUT2D eigenvalue weighted by Crippen LogP contribution is 2.07. The molecule has 0 aliphatic carbocycles. The van der Waals surface area contributed by atoms with Crippen molar-refractivity contribution in [2.24, 2.45) is 0 Å². The molecule has 0 bridgehead atoms. The van der Waals surface area contributed by atoms with Crippen LogP contribution in [0.15, 0.2) is 10.7 Å². The van der Waals surface area contributed by atoms with Crippen LogP contribution in [0.5, 0.6) is 0 Å². The van der Waals surface area contributed by atoms with Gasteiger partial charge < -0.3 is 14.5 Å². The summed E-state index contributed by atoms with van der Waals surface area (Å²) in [6.45, 7) is 11.7. The molecule has 0 unspecified atom stereocenters. The molecule has 0 aliphatic rings. The molecule has 0 aromatic carbocycles. The highest BCUT2D eigenvalue weighted by molar-refractivity contribution is 5.67. The van der Waals surface area contributed by atoms with Crippen molar-refractivity contribution in [3.8, 4) is 0 Å². The van der Waals surface area contributed by atoms with E-state index in [1.54, 1.807) is 6.26 Å². The normalized spacial score (nSPS) is 10.3. The zero-order valence-corrected chi connectivity index (χ0v) is 12.2. The standard InChI is InChI=1S/C11H18N2O3.C2H6/c1-5-8-7-15-9(13-8)6-12-10(14)16-11(2,3)4;1-2/h7H,5-6H2,1-4H3,(H,12,14);1-2H3. The minimum absolute atomic E-state index is 0.245. The minimum atomic E-state index is -0.491. The van der Waals surface area contributed by atoms with Gasteiger partial charge in [0.2, 0.25) is 5.89 Å². The largest absolute Gasteiger partial charge is 0.447 e. The SMILES string of the molecule is CC.CCc1coc(CNC(=O)OC(C)(C)C)n1. The lowest BCUT2D eigenvalue weighted by Crippen LogP contribution is -2.32. The Kier molecular flexibility index (Phi) is 7.08. The van der Waals surface area contributed by atoms with Gasteiger partial charge in [-0.1, -0.05) is 20.8 Å². The number of alkyl carbamates (subject to hydrolysis) is 1. The number of oxazole rings is 1. The summed E-state index contributed by atoms with van der Waals surface area (Å²) in [4.78, 5) is 15.5. The Balaban J connectivity index is 0.00000137. The molecular formula is C13H24N2O3. The van der Waals surface area contributed by atoms with Gasteiger partial charge in [0, 0.05) is 0 Å². The van der Waals surface area contributed by atoms with Gasteiger partial charge in [-0.15, -0.1) is 0 Å². The van der Waals surface area contributed by atoms with E-state index in [1.807, 2.05) is 41.5 Å². The van der Waals surface area contributed by atoms with Crippen molar-refractivity contribution >= 4 is 6.09 Å². The summed E-state index contributed by atoms with van der Waals surface area (Å²) in [7, 11) is 0. The number of nitrogens with one attached hydrogen (secondary N) is 1. The number of rotatable bonds is 3. The zero-order valence-electron chi connectivity index (χ0n) is 12.2. The van der Waals surface area contributed by atoms with Crippen molar-refractivity contribution in [1.29, 1.82) is 0 Å². The van der Waals surface area contributed by atoms with Crippen LogP contribution in [0.1, 0.15) is 53.1 Å². The number of carbonyl (C=O) groups excluding carboxylic acids is 1. The number of nitrogens with zero attached hydrogens (tertiary/aromatic N) is 1. The van der Waals surface area contributed by atoms with E-state index in [2.05, 4.69) is 10.3 Å². The number of hydrogen-bond donors (Lipinski definition) is 1. The van der Waals surface area contributed by atoms with Gasteiger partial charge in [0.25, 0.3) is 0 Å². The van der Waals surface area contributed by atoms with Crippen LogP contribution in [0.4, 0.5) is 4.79 Å². The molecule has 0 fully saturated rings. The van der Waals surface area contributed by atoms with E-state index in [9.17, 15) is 4.79 Å². The fraction of sp³-hybridized carbons (Fsp3) is 0.692. The Hall–Kier alpha value is -1.52. The average Bonchev–Trinajstić information content (AvgIpc) is 2.75. The lowest BCUT2D eigenvalue weighted by molar-refractivity contribution is 0.0519. The molecular weight excluding hydrogens is 232 g/mol. The monoisotopic (exact) mass is 256 g/mol. The van der Waals surface area contributed by atoms with Crippen LogP contribution < -0.4 is 5.32 Å². The van der Waals surface area contributed by atoms with E-state index < -0.39 is 11.7 Å². The van der Waals surface area contributed by atoms with Crippen molar-refractivity contribution in [2.75, 3.05) is 0 Å². The maximum atomic E-state index is 11.3. The van der Waals surface area contributed by atoms with Crippen LogP contribution in [-0.4, -0.2) is 16.7 Å². The summed E-state index contributed by atoms with van der Waals surface area (Å²) < 4.78 is 10.2. The first kappa shape index (κ1) is 16.5. The number of amides is 1. The fourth-order valence-corrected chi connectivity index (χ4v) is 1.05. The summed E-state index contributed by atoms with van der Waals surface area (Å²) in [6, 6.07) is 0. The molecule has 18 heavy (non-hydrogen) atoms. The third-order valence-electron chi connectivity index (χ3n) is 1.74. The molecule has 104 valence electrons. The maximum absolute atomic E-state index is 11.3. The van der Waals surface area contributed by atoms with Crippen LogP contribution in [-0.2, 0) is 17.7 Å². The summed E-state index contributed by atoms with van der Waals surface area (Å²) in [5.74, 6) is 0.489. The first-order valence-corrected chi connectivity index (χ1v) is 6.31. The van der Waals surface area contributed by atoms with Gasteiger partial charge >= 0.3 is 6.09 Å². The van der Waals surface area contributed by atoms with E-state index >= 15 is 0 Å². The Morgan fingerprint density at radius 1 is 1.44 bits per heavy atom. The predicted octanol–water partition coefficient (Wildman–Crippen LogP) is 3.29. The second-order valence-corrected chi connectivity index (χ2v) is 4.44. The number of aromatic nitrogens is 1. The molecule has 1 heterocycles. The number of carbonyl (C=O) groups is 1. The highest BCUT2D eigenvalue weighted by atomic mass is 16.6. The Labute approximate surface area is 109 Å². The first-order chi connectivity index (χ1) is 8.40. The molecule has 0 saturated carbocycles. The van der Waals surface area contributed by atoms with Gasteiger partial charge in [-0.05, 0) is 27.2 Å². The molecule has 1 aromatic heterocycles. The van der Waals surface area contributed by atoms with E-state index in [-0.39, 0.29) is 6.54 Å². The predicted molar refractivity (Wildman–Crippen MR) is 70.3 cm³/mol. The van der Waals surface area contributed by atoms with Gasteiger partial charge in [0.05, 0.1) is 12.2 Å². The van der Waals surface area contributed by atoms with Crippen LogP contribution in [0, 0.1) is 0 Å². The molecule has 0 spiro atoms. The number of aryl methyl sites for hydroxylation is 1. The lowest BCUT2D eigenvalue weighted by Gasteiger charge is -2.19. The van der Waals surface area contributed by atoms with Crippen LogP contribution in [0.25, 0.3) is 0 Å². The first-order valence-electron chi connectivity index (χ1n) is 6.31. The number of ether oxygens (including phenoxy) is 1. The molecule has 1 N–H and O–H groups in total. The Bertz CT molecular complexity index is 353. The summed E-state index contributed by atoms with van der Waals surface area (Å²) in [5, 5.41) is 2.58. The third kappa shape index (κ3) is 6.93. The number of hydrogen-bond acceptors (Lipinski definition) is 4. The van der Waals surface area contributed by atoms with Crippen molar-refractivity contribution in [3.05, 3.63) is 17.8 Å². The van der Waals surface area contributed by atoms with E-state index in [4.69, 9.17) is 9.15 Å². The van der Waals surface area contributed by atoms with Crippen LogP contribution in [0.3, 0.4) is 0 Å². The quantitative estimate of drug-likeness (QED) is 0.901. The van der Waals surface area contributed by atoms with Gasteiger partial charge in [-0.2, -0.15) is 0 Å². The Morgan fingerprint density at radius 2 is 2.06 bits per heavy atom. The molecule has 1 amide bonds. The van der Waals surface area contributed by atoms with Crippen LogP contribution in [0.2, 0.25) is 0 Å². The molecule has 5 nitrogen and oxygen atoms in total. The average molecular weight is 256 g/mol. The molecule has 0 saturated heterocycles. The highest BCUT2D eigenvalue weighted by Gasteiger charge is 2.16. The van der Waals surface area contributed by atoms with Crippen LogP contribution >= 0.6 is 0 Å². The summed E-state index contributed by atoms with van der Waals surface area (Å²) in [6.07, 6.45) is 1.94.